The number of hydrogen-bond donors (Lipinski definition) is 0. The molecule has 0 unspecified atom stereocenters. The Labute approximate surface area is 113 Å². The second-order valence-electron chi connectivity index (χ2n) is 6.70. The SMILES string of the molecule is ClCc1ccnc(C23CC4CC(CC(C4)C2)C3)n1. The summed E-state index contributed by atoms with van der Waals surface area (Å²) in [5, 5.41) is 0. The Bertz CT molecular complexity index is 436. The highest BCUT2D eigenvalue weighted by Gasteiger charge is 2.53. The molecule has 18 heavy (non-hydrogen) atoms. The van der Waals surface area contributed by atoms with Gasteiger partial charge in [0.2, 0.25) is 0 Å². The molecule has 0 aliphatic heterocycles. The van der Waals surface area contributed by atoms with Crippen molar-refractivity contribution in [3.8, 4) is 0 Å². The minimum atomic E-state index is 0.302. The molecule has 0 atom stereocenters. The Morgan fingerprint density at radius 3 is 2.28 bits per heavy atom. The summed E-state index contributed by atoms with van der Waals surface area (Å²) >= 11 is 5.92. The lowest BCUT2D eigenvalue weighted by Gasteiger charge is -2.56. The number of halogens is 1. The molecule has 1 heterocycles. The standard InChI is InChI=1S/C15H19ClN2/c16-9-13-1-2-17-14(18-13)15-6-10-3-11(7-15)5-12(4-10)8-15/h1-2,10-12H,3-9H2. The molecular weight excluding hydrogens is 244 g/mol. The van der Waals surface area contributed by atoms with Crippen LogP contribution in [0.3, 0.4) is 0 Å². The van der Waals surface area contributed by atoms with Crippen molar-refractivity contribution in [2.24, 2.45) is 17.8 Å². The highest BCUT2D eigenvalue weighted by atomic mass is 35.5. The van der Waals surface area contributed by atoms with E-state index in [1.807, 2.05) is 12.3 Å². The van der Waals surface area contributed by atoms with Crippen molar-refractivity contribution < 1.29 is 0 Å². The smallest absolute Gasteiger partial charge is 0.134 e. The summed E-state index contributed by atoms with van der Waals surface area (Å²) in [5.41, 5.74) is 1.29. The second-order valence-corrected chi connectivity index (χ2v) is 6.97. The van der Waals surface area contributed by atoms with E-state index in [9.17, 15) is 0 Å². The van der Waals surface area contributed by atoms with Gasteiger partial charge in [-0.15, -0.1) is 11.6 Å². The van der Waals surface area contributed by atoms with Crippen LogP contribution >= 0.6 is 11.6 Å². The first kappa shape index (κ1) is 11.2. The maximum atomic E-state index is 5.92. The van der Waals surface area contributed by atoms with Gasteiger partial charge in [-0.25, -0.2) is 9.97 Å². The van der Waals surface area contributed by atoms with E-state index < -0.39 is 0 Å². The molecule has 0 amide bonds. The molecule has 1 aromatic rings. The molecule has 4 fully saturated rings. The van der Waals surface area contributed by atoms with E-state index in [1.54, 1.807) is 0 Å². The molecule has 4 aliphatic rings. The lowest BCUT2D eigenvalue weighted by molar-refractivity contribution is -0.00948. The zero-order valence-corrected chi connectivity index (χ0v) is 11.4. The lowest BCUT2D eigenvalue weighted by Crippen LogP contribution is -2.49. The monoisotopic (exact) mass is 262 g/mol. The molecule has 5 rings (SSSR count). The van der Waals surface area contributed by atoms with Gasteiger partial charge in [0.1, 0.15) is 5.82 Å². The Balaban J connectivity index is 1.74. The van der Waals surface area contributed by atoms with Gasteiger partial charge in [-0.3, -0.25) is 0 Å². The molecule has 4 bridgehead atoms. The normalized spacial score (nSPS) is 41.3. The van der Waals surface area contributed by atoms with Crippen LogP contribution in [0.5, 0.6) is 0 Å². The van der Waals surface area contributed by atoms with E-state index in [-0.39, 0.29) is 0 Å². The molecule has 0 spiro atoms. The number of aromatic nitrogens is 2. The van der Waals surface area contributed by atoms with Gasteiger partial charge in [0.25, 0.3) is 0 Å². The predicted octanol–water partition coefficient (Wildman–Crippen LogP) is 3.68. The van der Waals surface area contributed by atoms with Crippen molar-refractivity contribution in [3.05, 3.63) is 23.8 Å². The molecule has 0 N–H and O–H groups in total. The molecule has 0 saturated heterocycles. The third-order valence-electron chi connectivity index (χ3n) is 5.36. The summed E-state index contributed by atoms with van der Waals surface area (Å²) in [7, 11) is 0. The fraction of sp³-hybridized carbons (Fsp3) is 0.733. The number of alkyl halides is 1. The molecule has 0 radical (unpaired) electrons. The van der Waals surface area contributed by atoms with Crippen molar-refractivity contribution in [2.75, 3.05) is 0 Å². The molecule has 3 heteroatoms. The predicted molar refractivity (Wildman–Crippen MR) is 71.4 cm³/mol. The third kappa shape index (κ3) is 1.61. The fourth-order valence-corrected chi connectivity index (χ4v) is 5.26. The van der Waals surface area contributed by atoms with E-state index in [0.717, 1.165) is 29.3 Å². The third-order valence-corrected chi connectivity index (χ3v) is 5.64. The van der Waals surface area contributed by atoms with Crippen LogP contribution in [0.25, 0.3) is 0 Å². The summed E-state index contributed by atoms with van der Waals surface area (Å²) in [6.07, 6.45) is 10.3. The summed E-state index contributed by atoms with van der Waals surface area (Å²) in [5.74, 6) is 4.43. The van der Waals surface area contributed by atoms with E-state index in [0.29, 0.717) is 11.3 Å². The van der Waals surface area contributed by atoms with Crippen LogP contribution < -0.4 is 0 Å². The summed E-state index contributed by atoms with van der Waals surface area (Å²) in [6, 6.07) is 1.94. The van der Waals surface area contributed by atoms with E-state index in [2.05, 4.69) is 4.98 Å². The number of hydrogen-bond acceptors (Lipinski definition) is 2. The first-order valence-corrected chi connectivity index (χ1v) is 7.69. The first-order valence-electron chi connectivity index (χ1n) is 7.16. The Morgan fingerprint density at radius 2 is 1.72 bits per heavy atom. The van der Waals surface area contributed by atoms with Crippen LogP contribution in [0.4, 0.5) is 0 Å². The quantitative estimate of drug-likeness (QED) is 0.760. The van der Waals surface area contributed by atoms with Crippen LogP contribution in [0, 0.1) is 17.8 Å². The van der Waals surface area contributed by atoms with Crippen LogP contribution in [0.2, 0.25) is 0 Å². The van der Waals surface area contributed by atoms with Crippen LogP contribution in [-0.4, -0.2) is 9.97 Å². The van der Waals surface area contributed by atoms with Gasteiger partial charge in [-0.1, -0.05) is 0 Å². The van der Waals surface area contributed by atoms with Crippen molar-refractivity contribution in [3.63, 3.8) is 0 Å². The van der Waals surface area contributed by atoms with E-state index in [1.165, 1.54) is 38.5 Å². The topological polar surface area (TPSA) is 25.8 Å². The molecule has 2 nitrogen and oxygen atoms in total. The summed E-state index contributed by atoms with van der Waals surface area (Å²) < 4.78 is 0. The minimum absolute atomic E-state index is 0.302. The van der Waals surface area contributed by atoms with Crippen molar-refractivity contribution in [2.45, 2.75) is 49.8 Å². The van der Waals surface area contributed by atoms with Gasteiger partial charge in [-0.05, 0) is 62.3 Å². The van der Waals surface area contributed by atoms with Gasteiger partial charge in [0.05, 0.1) is 11.6 Å². The maximum absolute atomic E-state index is 5.92. The van der Waals surface area contributed by atoms with Gasteiger partial charge >= 0.3 is 0 Å². The van der Waals surface area contributed by atoms with Crippen LogP contribution in [0.1, 0.15) is 50.0 Å². The fourth-order valence-electron chi connectivity index (χ4n) is 5.11. The lowest BCUT2D eigenvalue weighted by atomic mass is 9.49. The van der Waals surface area contributed by atoms with E-state index >= 15 is 0 Å². The molecule has 4 saturated carbocycles. The number of nitrogens with zero attached hydrogens (tertiary/aromatic N) is 2. The second kappa shape index (κ2) is 3.93. The Kier molecular flexibility index (Phi) is 2.45. The van der Waals surface area contributed by atoms with Gasteiger partial charge in [-0.2, -0.15) is 0 Å². The molecular formula is C15H19ClN2. The zero-order chi connectivity index (χ0) is 12.2. The minimum Gasteiger partial charge on any atom is -0.241 e. The van der Waals surface area contributed by atoms with Gasteiger partial charge < -0.3 is 0 Å². The number of rotatable bonds is 2. The van der Waals surface area contributed by atoms with Gasteiger partial charge in [0, 0.05) is 11.6 Å². The Hall–Kier alpha value is -0.630. The average Bonchev–Trinajstić information content (AvgIpc) is 2.37. The van der Waals surface area contributed by atoms with Crippen molar-refractivity contribution >= 4 is 11.6 Å². The first-order chi connectivity index (χ1) is 8.77. The Morgan fingerprint density at radius 1 is 1.11 bits per heavy atom. The maximum Gasteiger partial charge on any atom is 0.134 e. The summed E-state index contributed by atoms with van der Waals surface area (Å²) in [6.45, 7) is 0. The molecule has 1 aromatic heterocycles. The van der Waals surface area contributed by atoms with Gasteiger partial charge in [0.15, 0.2) is 0 Å². The van der Waals surface area contributed by atoms with Crippen LogP contribution in [0.15, 0.2) is 12.3 Å². The summed E-state index contributed by atoms with van der Waals surface area (Å²) in [4.78, 5) is 9.35. The van der Waals surface area contributed by atoms with Crippen molar-refractivity contribution in [1.82, 2.24) is 9.97 Å². The zero-order valence-electron chi connectivity index (χ0n) is 10.6. The largest absolute Gasteiger partial charge is 0.241 e. The van der Waals surface area contributed by atoms with Crippen LogP contribution in [-0.2, 0) is 11.3 Å². The highest BCUT2D eigenvalue weighted by molar-refractivity contribution is 6.16. The van der Waals surface area contributed by atoms with E-state index in [4.69, 9.17) is 16.6 Å². The van der Waals surface area contributed by atoms with Crippen molar-refractivity contribution in [1.29, 1.82) is 0 Å². The highest BCUT2D eigenvalue weighted by Crippen LogP contribution is 2.60. The molecule has 0 aromatic carbocycles. The average molecular weight is 263 g/mol. The molecule has 4 aliphatic carbocycles. The molecule has 96 valence electrons.